The molecule has 5 rings (SSSR count). The van der Waals surface area contributed by atoms with Crippen LogP contribution in [0.4, 0.5) is 0 Å². The van der Waals surface area contributed by atoms with Gasteiger partial charge in [0.25, 0.3) is 5.56 Å². The number of methoxy groups -OCH3 is 1. The average molecular weight is 546 g/mol. The maximum absolute atomic E-state index is 14.0. The van der Waals surface area contributed by atoms with E-state index >= 15 is 0 Å². The molecule has 1 saturated carbocycles. The van der Waals surface area contributed by atoms with E-state index in [0.717, 1.165) is 48.3 Å². The summed E-state index contributed by atoms with van der Waals surface area (Å²) in [4.78, 5) is 27.9. The summed E-state index contributed by atoms with van der Waals surface area (Å²) in [5.74, 6) is 1.73. The summed E-state index contributed by atoms with van der Waals surface area (Å²) in [5.41, 5.74) is 3.43. The number of nitrogens with two attached hydrogens (primary N) is 1. The number of unbranched alkanes of at least 4 members (excludes halogenated alkanes) is 1. The molecule has 2 aromatic heterocycles. The Morgan fingerprint density at radius 1 is 1.05 bits per heavy atom. The van der Waals surface area contributed by atoms with Crippen molar-refractivity contribution in [2.24, 2.45) is 5.14 Å². The fraction of sp³-hybridized carbons (Fsp3) is 0.310. The lowest BCUT2D eigenvalue weighted by Gasteiger charge is -2.16. The summed E-state index contributed by atoms with van der Waals surface area (Å²) >= 11 is 0. The van der Waals surface area contributed by atoms with Gasteiger partial charge in [0.15, 0.2) is 5.75 Å². The van der Waals surface area contributed by atoms with Crippen LogP contribution >= 0.6 is 0 Å². The maximum Gasteiger partial charge on any atom is 0.264 e. The minimum atomic E-state index is -3.87. The van der Waals surface area contributed by atoms with Crippen molar-refractivity contribution in [2.45, 2.75) is 56.3 Å². The first-order valence-corrected chi connectivity index (χ1v) is 14.6. The Morgan fingerprint density at radius 2 is 1.74 bits per heavy atom. The summed E-state index contributed by atoms with van der Waals surface area (Å²) in [7, 11) is -2.33. The maximum atomic E-state index is 14.0. The van der Waals surface area contributed by atoms with Crippen LogP contribution in [0.1, 0.15) is 61.2 Å². The number of primary sulfonamides is 1. The summed E-state index contributed by atoms with van der Waals surface area (Å²) < 4.78 is 30.9. The number of rotatable bonds is 10. The molecule has 39 heavy (non-hydrogen) atoms. The Hall–Kier alpha value is -3.89. The zero-order valence-electron chi connectivity index (χ0n) is 22.0. The number of aryl methyl sites for hydroxylation is 1. The van der Waals surface area contributed by atoms with E-state index in [1.54, 1.807) is 42.3 Å². The number of aromatic nitrogens is 4. The van der Waals surface area contributed by atoms with Gasteiger partial charge in [-0.2, -0.15) is 0 Å². The SMILES string of the molecule is CCCCc1nc(C2CC2)n(-c2ncc(OC)cn2)c(=O)c1Cc1ccc(-c2ccccc2S(N)(=O)=O)cc1. The van der Waals surface area contributed by atoms with Gasteiger partial charge < -0.3 is 4.74 Å². The van der Waals surface area contributed by atoms with Crippen LogP contribution < -0.4 is 15.4 Å². The second-order valence-electron chi connectivity index (χ2n) is 9.75. The normalized spacial score (nSPS) is 13.4. The molecule has 2 N–H and O–H groups in total. The van der Waals surface area contributed by atoms with Crippen molar-refractivity contribution in [1.29, 1.82) is 0 Å². The Bertz CT molecular complexity index is 1650. The number of sulfonamides is 1. The van der Waals surface area contributed by atoms with E-state index in [1.807, 2.05) is 24.3 Å². The molecule has 9 nitrogen and oxygen atoms in total. The van der Waals surface area contributed by atoms with Gasteiger partial charge in [0, 0.05) is 23.5 Å². The van der Waals surface area contributed by atoms with Gasteiger partial charge in [-0.3, -0.25) is 4.79 Å². The second kappa shape index (κ2) is 11.1. The highest BCUT2D eigenvalue weighted by Gasteiger charge is 2.32. The zero-order chi connectivity index (χ0) is 27.6. The predicted octanol–water partition coefficient (Wildman–Crippen LogP) is 4.16. The lowest BCUT2D eigenvalue weighted by molar-refractivity contribution is 0.410. The van der Waals surface area contributed by atoms with Crippen molar-refractivity contribution >= 4 is 10.0 Å². The van der Waals surface area contributed by atoms with Crippen molar-refractivity contribution in [1.82, 2.24) is 19.5 Å². The standard InChI is InChI=1S/C29H31N5O4S/c1-3-4-8-25-24(16-19-10-12-20(13-11-19)23-7-5-6-9-26(23)39(30,36)37)28(35)34(27(33-25)21-14-15-21)29-31-17-22(38-2)18-32-29/h5-7,9-13,17-18,21H,3-4,8,14-16H2,1-2H3,(H2,30,36,37). The summed E-state index contributed by atoms with van der Waals surface area (Å²) in [5, 5.41) is 5.43. The molecule has 0 atom stereocenters. The third-order valence-corrected chi connectivity index (χ3v) is 7.86. The van der Waals surface area contributed by atoms with Crippen LogP contribution in [0.5, 0.6) is 5.75 Å². The molecule has 2 heterocycles. The fourth-order valence-corrected chi connectivity index (χ4v) is 5.41. The molecule has 0 aliphatic heterocycles. The number of hydrogen-bond donors (Lipinski definition) is 1. The zero-order valence-corrected chi connectivity index (χ0v) is 22.8. The largest absolute Gasteiger partial charge is 0.494 e. The van der Waals surface area contributed by atoms with Crippen LogP contribution in [0.15, 0.2) is 70.6 Å². The van der Waals surface area contributed by atoms with Crippen LogP contribution in [0.2, 0.25) is 0 Å². The van der Waals surface area contributed by atoms with Gasteiger partial charge in [0.1, 0.15) is 5.82 Å². The first-order chi connectivity index (χ1) is 18.8. The van der Waals surface area contributed by atoms with Crippen molar-refractivity contribution in [3.63, 3.8) is 0 Å². The molecule has 1 aliphatic carbocycles. The van der Waals surface area contributed by atoms with E-state index in [0.29, 0.717) is 29.7 Å². The van der Waals surface area contributed by atoms with Crippen molar-refractivity contribution in [3.05, 3.63) is 93.9 Å². The number of ether oxygens (including phenoxy) is 1. The molecule has 2 aromatic carbocycles. The van der Waals surface area contributed by atoms with Gasteiger partial charge in [0.05, 0.1) is 30.1 Å². The lowest BCUT2D eigenvalue weighted by atomic mass is 9.98. The molecule has 0 radical (unpaired) electrons. The third kappa shape index (κ3) is 5.76. The van der Waals surface area contributed by atoms with Crippen LogP contribution in [-0.2, 0) is 22.9 Å². The van der Waals surface area contributed by atoms with Gasteiger partial charge in [0.2, 0.25) is 16.0 Å². The highest BCUT2D eigenvalue weighted by Crippen LogP contribution is 2.39. The van der Waals surface area contributed by atoms with Crippen molar-refractivity contribution in [3.8, 4) is 22.8 Å². The molecular weight excluding hydrogens is 514 g/mol. The lowest BCUT2D eigenvalue weighted by Crippen LogP contribution is -2.30. The molecular formula is C29H31N5O4S. The molecule has 0 unspecified atom stereocenters. The Balaban J connectivity index is 1.56. The minimum absolute atomic E-state index is 0.0712. The average Bonchev–Trinajstić information content (AvgIpc) is 3.79. The van der Waals surface area contributed by atoms with E-state index in [2.05, 4.69) is 16.9 Å². The highest BCUT2D eigenvalue weighted by atomic mass is 32.2. The van der Waals surface area contributed by atoms with Gasteiger partial charge in [-0.25, -0.2) is 33.1 Å². The van der Waals surface area contributed by atoms with Gasteiger partial charge in [-0.05, 0) is 42.9 Å². The molecule has 1 aliphatic rings. The molecule has 0 bridgehead atoms. The predicted molar refractivity (Wildman–Crippen MR) is 149 cm³/mol. The van der Waals surface area contributed by atoms with Crippen LogP contribution in [0.3, 0.4) is 0 Å². The number of hydrogen-bond acceptors (Lipinski definition) is 7. The molecule has 10 heteroatoms. The summed E-state index contributed by atoms with van der Waals surface area (Å²) in [6.45, 7) is 2.12. The van der Waals surface area contributed by atoms with Crippen molar-refractivity contribution < 1.29 is 13.2 Å². The number of benzene rings is 2. The van der Waals surface area contributed by atoms with E-state index in [4.69, 9.17) is 14.9 Å². The minimum Gasteiger partial charge on any atom is -0.494 e. The highest BCUT2D eigenvalue weighted by molar-refractivity contribution is 7.89. The van der Waals surface area contributed by atoms with E-state index < -0.39 is 10.0 Å². The quantitative estimate of drug-likeness (QED) is 0.317. The fourth-order valence-electron chi connectivity index (χ4n) is 4.65. The molecule has 0 spiro atoms. The first-order valence-electron chi connectivity index (χ1n) is 13.0. The van der Waals surface area contributed by atoms with E-state index in [9.17, 15) is 13.2 Å². The van der Waals surface area contributed by atoms with Gasteiger partial charge in [-0.15, -0.1) is 0 Å². The third-order valence-electron chi connectivity index (χ3n) is 6.89. The topological polar surface area (TPSA) is 130 Å². The summed E-state index contributed by atoms with van der Waals surface area (Å²) in [6.07, 6.45) is 8.07. The monoisotopic (exact) mass is 545 g/mol. The molecule has 1 fully saturated rings. The van der Waals surface area contributed by atoms with Crippen molar-refractivity contribution in [2.75, 3.05) is 7.11 Å². The molecule has 202 valence electrons. The summed E-state index contributed by atoms with van der Waals surface area (Å²) in [6, 6.07) is 14.1. The Morgan fingerprint density at radius 3 is 2.36 bits per heavy atom. The molecule has 0 saturated heterocycles. The van der Waals surface area contributed by atoms with Crippen LogP contribution in [0.25, 0.3) is 17.1 Å². The van der Waals surface area contributed by atoms with Gasteiger partial charge in [-0.1, -0.05) is 55.8 Å². The van der Waals surface area contributed by atoms with Gasteiger partial charge >= 0.3 is 0 Å². The number of nitrogens with zero attached hydrogens (tertiary/aromatic N) is 4. The Labute approximate surface area is 227 Å². The second-order valence-corrected chi connectivity index (χ2v) is 11.3. The van der Waals surface area contributed by atoms with Crippen LogP contribution in [-0.4, -0.2) is 35.0 Å². The smallest absolute Gasteiger partial charge is 0.264 e. The first kappa shape index (κ1) is 26.7. The van der Waals surface area contributed by atoms with E-state index in [1.165, 1.54) is 6.07 Å². The van der Waals surface area contributed by atoms with Crippen LogP contribution in [0, 0.1) is 0 Å². The molecule has 4 aromatic rings. The van der Waals surface area contributed by atoms with E-state index in [-0.39, 0.29) is 22.3 Å². The molecule has 0 amide bonds. The Kier molecular flexibility index (Phi) is 7.58.